The van der Waals surface area contributed by atoms with Crippen LogP contribution in [0.25, 0.3) is 5.69 Å². The summed E-state index contributed by atoms with van der Waals surface area (Å²) in [6, 6.07) is 18.5. The van der Waals surface area contributed by atoms with Gasteiger partial charge in [0.1, 0.15) is 17.6 Å². The van der Waals surface area contributed by atoms with E-state index in [4.69, 9.17) is 21.3 Å². The van der Waals surface area contributed by atoms with Gasteiger partial charge in [-0.2, -0.15) is 0 Å². The van der Waals surface area contributed by atoms with Crippen molar-refractivity contribution in [3.63, 3.8) is 0 Å². The molecule has 0 fully saturated rings. The van der Waals surface area contributed by atoms with Crippen LogP contribution in [0.1, 0.15) is 48.6 Å². The smallest absolute Gasteiger partial charge is 0.488 e. The molecule has 0 saturated carbocycles. The molecule has 4 N–H and O–H groups in total. The lowest BCUT2D eigenvalue weighted by atomic mass is 9.80. The number of carbonyl (C=O) groups is 2. The van der Waals surface area contributed by atoms with E-state index in [1.807, 2.05) is 48.7 Å². The number of hydrogen-bond donors (Lipinski definition) is 4. The van der Waals surface area contributed by atoms with Crippen LogP contribution in [0.5, 0.6) is 5.75 Å². The molecule has 4 aromatic rings. The van der Waals surface area contributed by atoms with Gasteiger partial charge in [-0.15, -0.1) is 10.2 Å². The number of carbonyl (C=O) groups excluding carboxylic acids is 2. The second-order valence-electron chi connectivity index (χ2n) is 9.92. The first-order chi connectivity index (χ1) is 20.7. The van der Waals surface area contributed by atoms with Crippen LogP contribution < -0.4 is 20.8 Å². The fourth-order valence-corrected chi connectivity index (χ4v) is 4.93. The van der Waals surface area contributed by atoms with E-state index in [-0.39, 0.29) is 31.3 Å². The highest BCUT2D eigenvalue weighted by Gasteiger charge is 2.30. The number of fused-ring (bicyclic) bond motifs is 3. The molecule has 3 aromatic carbocycles. The molecule has 1 aromatic heterocycles. The van der Waals surface area contributed by atoms with Crippen molar-refractivity contribution in [3.8, 4) is 11.4 Å². The Morgan fingerprint density at radius 1 is 1.02 bits per heavy atom. The van der Waals surface area contributed by atoms with Crippen molar-refractivity contribution in [1.82, 2.24) is 20.1 Å². The Hall–Kier alpha value is -4.52. The van der Waals surface area contributed by atoms with Gasteiger partial charge in [-0.25, -0.2) is 0 Å². The van der Waals surface area contributed by atoms with Crippen molar-refractivity contribution in [3.05, 3.63) is 94.5 Å². The Morgan fingerprint density at radius 2 is 1.77 bits per heavy atom. The summed E-state index contributed by atoms with van der Waals surface area (Å²) in [5.41, 5.74) is 3.84. The quantitative estimate of drug-likeness (QED) is 0.204. The summed E-state index contributed by atoms with van der Waals surface area (Å²) in [5, 5.41) is 33.3. The van der Waals surface area contributed by atoms with Crippen molar-refractivity contribution in [2.24, 2.45) is 4.99 Å². The third kappa shape index (κ3) is 6.94. The summed E-state index contributed by atoms with van der Waals surface area (Å²) >= 11 is 6.18. The molecule has 0 saturated heterocycles. The first-order valence-electron chi connectivity index (χ1n) is 13.8. The summed E-state index contributed by atoms with van der Waals surface area (Å²) < 4.78 is 7.90. The summed E-state index contributed by atoms with van der Waals surface area (Å²) in [4.78, 5) is 30.2. The number of aliphatic imine (C=N–C) groups is 1. The van der Waals surface area contributed by atoms with E-state index < -0.39 is 13.2 Å². The average Bonchev–Trinajstić information content (AvgIpc) is 3.31. The maximum Gasteiger partial charge on any atom is 0.488 e. The Balaban J connectivity index is 1.41. The minimum atomic E-state index is -1.57. The summed E-state index contributed by atoms with van der Waals surface area (Å²) in [5.74, 6) is 1.34. The second kappa shape index (κ2) is 13.2. The van der Waals surface area contributed by atoms with Gasteiger partial charge >= 0.3 is 7.12 Å². The highest BCUT2D eigenvalue weighted by molar-refractivity contribution is 6.58. The first kappa shape index (κ1) is 30.0. The zero-order chi connectivity index (χ0) is 30.5. The van der Waals surface area contributed by atoms with E-state index in [2.05, 4.69) is 20.8 Å². The number of anilines is 1. The van der Waals surface area contributed by atoms with E-state index in [0.717, 1.165) is 16.8 Å². The van der Waals surface area contributed by atoms with Gasteiger partial charge in [0, 0.05) is 28.4 Å². The van der Waals surface area contributed by atoms with E-state index >= 15 is 0 Å². The molecular formula is C30H30BClN6O5. The van der Waals surface area contributed by atoms with E-state index in [1.54, 1.807) is 24.3 Å². The number of benzene rings is 3. The molecule has 13 heteroatoms. The minimum Gasteiger partial charge on any atom is -0.493 e. The maximum absolute atomic E-state index is 12.7. The summed E-state index contributed by atoms with van der Waals surface area (Å²) in [7, 11) is -1.57. The molecular weight excluding hydrogens is 571 g/mol. The van der Waals surface area contributed by atoms with Crippen molar-refractivity contribution in [1.29, 1.82) is 0 Å². The number of amides is 2. The van der Waals surface area contributed by atoms with Crippen molar-refractivity contribution in [2.75, 3.05) is 18.5 Å². The number of nitrogens with zero attached hydrogens (tertiary/aromatic N) is 4. The highest BCUT2D eigenvalue weighted by Crippen LogP contribution is 2.34. The standard InChI is InChI=1S/C30H30BClN6O5/c1-3-33-28(40)17-25-30-37-36-18(2)38(30)26-13-12-23(16-24(26)29(35-25)19-4-8-21(32)9-5-19)43-15-14-27(39)34-22-10-6-20(7-11-22)31(41)42/h4-13,16,25,41-42H,3,14-15,17H2,1-2H3,(H,33,40)(H,34,39)/t25-/m0/s1. The predicted molar refractivity (Wildman–Crippen MR) is 164 cm³/mol. The Labute approximate surface area is 253 Å². The van der Waals surface area contributed by atoms with Crippen LogP contribution in [0.2, 0.25) is 5.02 Å². The summed E-state index contributed by atoms with van der Waals surface area (Å²) in [6.45, 7) is 4.33. The monoisotopic (exact) mass is 600 g/mol. The fourth-order valence-electron chi connectivity index (χ4n) is 4.81. The van der Waals surface area contributed by atoms with Gasteiger partial charge in [0.15, 0.2) is 5.82 Å². The molecule has 0 spiro atoms. The van der Waals surface area contributed by atoms with Gasteiger partial charge in [0.2, 0.25) is 11.8 Å². The predicted octanol–water partition coefficient (Wildman–Crippen LogP) is 2.73. The molecule has 0 bridgehead atoms. The van der Waals surface area contributed by atoms with Gasteiger partial charge < -0.3 is 25.4 Å². The average molecular weight is 601 g/mol. The molecule has 0 unspecified atom stereocenters. The zero-order valence-electron chi connectivity index (χ0n) is 23.6. The van der Waals surface area contributed by atoms with Gasteiger partial charge in [-0.05, 0) is 61.8 Å². The van der Waals surface area contributed by atoms with Crippen LogP contribution in [0.4, 0.5) is 5.69 Å². The van der Waals surface area contributed by atoms with Crippen LogP contribution in [0.15, 0.2) is 71.7 Å². The fraction of sp³-hybridized carbons (Fsp3) is 0.233. The van der Waals surface area contributed by atoms with Crippen molar-refractivity contribution in [2.45, 2.75) is 32.7 Å². The van der Waals surface area contributed by atoms with E-state index in [0.29, 0.717) is 45.8 Å². The maximum atomic E-state index is 12.7. The Morgan fingerprint density at radius 3 is 2.47 bits per heavy atom. The number of aromatic nitrogens is 3. The van der Waals surface area contributed by atoms with Crippen molar-refractivity contribution >= 4 is 47.4 Å². The molecule has 0 radical (unpaired) electrons. The minimum absolute atomic E-state index is 0.0862. The number of ether oxygens (including phenoxy) is 1. The van der Waals surface area contributed by atoms with Gasteiger partial charge in [0.05, 0.1) is 30.8 Å². The number of halogens is 1. The Bertz CT molecular complexity index is 1660. The Kier molecular flexibility index (Phi) is 9.20. The lowest BCUT2D eigenvalue weighted by molar-refractivity contribution is -0.121. The van der Waals surface area contributed by atoms with Crippen LogP contribution in [0, 0.1) is 6.92 Å². The lowest BCUT2D eigenvalue weighted by Gasteiger charge is -2.15. The zero-order valence-corrected chi connectivity index (χ0v) is 24.4. The largest absolute Gasteiger partial charge is 0.493 e. The third-order valence-corrected chi connectivity index (χ3v) is 7.11. The molecule has 1 aliphatic heterocycles. The van der Waals surface area contributed by atoms with Crippen LogP contribution in [0.3, 0.4) is 0 Å². The number of hydrogen-bond acceptors (Lipinski definition) is 8. The molecule has 2 heterocycles. The first-order valence-corrected chi connectivity index (χ1v) is 14.2. The molecule has 43 heavy (non-hydrogen) atoms. The number of aryl methyl sites for hydroxylation is 1. The molecule has 1 atom stereocenters. The van der Waals surface area contributed by atoms with Gasteiger partial charge in [-0.1, -0.05) is 35.9 Å². The van der Waals surface area contributed by atoms with Crippen LogP contribution >= 0.6 is 11.6 Å². The van der Waals surface area contributed by atoms with Crippen LogP contribution in [-0.4, -0.2) is 62.6 Å². The molecule has 0 aliphatic carbocycles. The number of rotatable bonds is 10. The molecule has 11 nitrogen and oxygen atoms in total. The summed E-state index contributed by atoms with van der Waals surface area (Å²) in [6.07, 6.45) is 0.182. The van der Waals surface area contributed by atoms with Gasteiger partial charge in [0.25, 0.3) is 0 Å². The third-order valence-electron chi connectivity index (χ3n) is 6.86. The normalized spacial score (nSPS) is 13.7. The lowest BCUT2D eigenvalue weighted by Crippen LogP contribution is -2.29. The van der Waals surface area contributed by atoms with Gasteiger partial charge in [-0.3, -0.25) is 19.1 Å². The van der Waals surface area contributed by atoms with Crippen molar-refractivity contribution < 1.29 is 24.4 Å². The molecule has 220 valence electrons. The number of nitrogens with one attached hydrogen (secondary N) is 2. The molecule has 5 rings (SSSR count). The second-order valence-corrected chi connectivity index (χ2v) is 10.4. The van der Waals surface area contributed by atoms with Crippen LogP contribution in [-0.2, 0) is 9.59 Å². The van der Waals surface area contributed by atoms with E-state index in [9.17, 15) is 19.6 Å². The topological polar surface area (TPSA) is 151 Å². The molecule has 2 amide bonds. The SMILES string of the molecule is CCNC(=O)C[C@@H]1N=C(c2ccc(Cl)cc2)c2cc(OCCC(=O)Nc3ccc(B(O)O)cc3)ccc2-n2c(C)nnc21. The molecule has 1 aliphatic rings. The highest BCUT2D eigenvalue weighted by atomic mass is 35.5. The van der Waals surface area contributed by atoms with E-state index in [1.165, 1.54) is 12.1 Å².